The molecule has 164 valence electrons. The Morgan fingerprint density at radius 1 is 1.09 bits per heavy atom. The van der Waals surface area contributed by atoms with Crippen molar-refractivity contribution in [1.82, 2.24) is 29.3 Å². The molecule has 0 atom stereocenters. The lowest BCUT2D eigenvalue weighted by molar-refractivity contribution is 0.172. The zero-order valence-electron chi connectivity index (χ0n) is 17.1. The predicted octanol–water partition coefficient (Wildman–Crippen LogP) is 1.36. The Morgan fingerprint density at radius 2 is 1.84 bits per heavy atom. The molecule has 1 aromatic carbocycles. The van der Waals surface area contributed by atoms with Crippen LogP contribution in [0.2, 0.25) is 0 Å². The highest BCUT2D eigenvalue weighted by Gasteiger charge is 2.30. The van der Waals surface area contributed by atoms with Gasteiger partial charge in [-0.15, -0.1) is 0 Å². The van der Waals surface area contributed by atoms with Crippen LogP contribution < -0.4 is 5.32 Å². The molecular weight excluding hydrogens is 430 g/mol. The van der Waals surface area contributed by atoms with Crippen molar-refractivity contribution in [2.75, 3.05) is 26.2 Å². The molecule has 0 aliphatic carbocycles. The van der Waals surface area contributed by atoms with E-state index in [9.17, 15) is 13.2 Å². The van der Waals surface area contributed by atoms with E-state index in [-0.39, 0.29) is 37.1 Å². The van der Waals surface area contributed by atoms with Crippen molar-refractivity contribution >= 4 is 16.1 Å². The van der Waals surface area contributed by atoms with E-state index in [2.05, 4.69) is 15.4 Å². The summed E-state index contributed by atoms with van der Waals surface area (Å²) in [6.07, 6.45) is 5.11. The maximum absolute atomic E-state index is 12.8. The Hall–Kier alpha value is -3.75. The minimum absolute atomic E-state index is 0.139. The number of amides is 2. The van der Waals surface area contributed by atoms with Gasteiger partial charge in [0.05, 0.1) is 16.5 Å². The topological polar surface area (TPSA) is 124 Å². The highest BCUT2D eigenvalue weighted by Crippen LogP contribution is 2.18. The fourth-order valence-corrected chi connectivity index (χ4v) is 4.79. The number of pyridine rings is 1. The van der Waals surface area contributed by atoms with Gasteiger partial charge >= 0.3 is 6.03 Å². The van der Waals surface area contributed by atoms with Gasteiger partial charge in [-0.2, -0.15) is 14.7 Å². The molecule has 0 unspecified atom stereocenters. The molecule has 2 amide bonds. The van der Waals surface area contributed by atoms with Gasteiger partial charge in [-0.1, -0.05) is 0 Å². The zero-order chi connectivity index (χ0) is 22.6. The van der Waals surface area contributed by atoms with Crippen molar-refractivity contribution in [2.45, 2.75) is 11.4 Å². The van der Waals surface area contributed by atoms with E-state index in [1.165, 1.54) is 28.6 Å². The number of rotatable bonds is 5. The molecule has 0 bridgehead atoms. The number of benzene rings is 1. The monoisotopic (exact) mass is 451 g/mol. The minimum Gasteiger partial charge on any atom is -0.334 e. The van der Waals surface area contributed by atoms with Gasteiger partial charge in [0, 0.05) is 51.3 Å². The molecule has 4 rings (SSSR count). The predicted molar refractivity (Wildman–Crippen MR) is 115 cm³/mol. The van der Waals surface area contributed by atoms with Crippen LogP contribution in [0.3, 0.4) is 0 Å². The van der Waals surface area contributed by atoms with Gasteiger partial charge in [0.15, 0.2) is 5.82 Å². The van der Waals surface area contributed by atoms with Crippen LogP contribution in [-0.4, -0.2) is 64.6 Å². The van der Waals surface area contributed by atoms with Gasteiger partial charge in [-0.05, 0) is 48.0 Å². The average molecular weight is 452 g/mol. The summed E-state index contributed by atoms with van der Waals surface area (Å²) < 4.78 is 28.6. The maximum atomic E-state index is 12.8. The number of nitrogens with zero attached hydrogens (tertiary/aromatic N) is 6. The molecule has 2 aromatic heterocycles. The van der Waals surface area contributed by atoms with Gasteiger partial charge in [-0.3, -0.25) is 0 Å². The first-order valence-corrected chi connectivity index (χ1v) is 11.4. The molecule has 1 aliphatic rings. The van der Waals surface area contributed by atoms with E-state index in [0.29, 0.717) is 17.9 Å². The number of nitrogens with one attached hydrogen (secondary N) is 1. The lowest BCUT2D eigenvalue weighted by Crippen LogP contribution is -2.52. The number of hydrogen-bond acceptors (Lipinski definition) is 6. The quantitative estimate of drug-likeness (QED) is 0.625. The Labute approximate surface area is 185 Å². The summed E-state index contributed by atoms with van der Waals surface area (Å²) in [4.78, 5) is 18.6. The third-order valence-electron chi connectivity index (χ3n) is 5.14. The third kappa shape index (κ3) is 4.61. The fraction of sp³-hybridized carbons (Fsp3) is 0.238. The molecule has 3 aromatic rings. The first-order valence-electron chi connectivity index (χ1n) is 9.95. The van der Waals surface area contributed by atoms with Gasteiger partial charge in [0.2, 0.25) is 10.0 Å². The number of urea groups is 1. The number of carbonyl (C=O) groups excluding carboxylic acids is 1. The molecule has 0 radical (unpaired) electrons. The minimum atomic E-state index is -3.67. The molecule has 1 fully saturated rings. The number of carbonyl (C=O) groups is 1. The Morgan fingerprint density at radius 3 is 2.50 bits per heavy atom. The van der Waals surface area contributed by atoms with Crippen LogP contribution in [-0.2, 0) is 16.6 Å². The summed E-state index contributed by atoms with van der Waals surface area (Å²) in [5.74, 6) is 0.656. The molecule has 1 aliphatic heterocycles. The average Bonchev–Trinajstić information content (AvgIpc) is 3.38. The summed E-state index contributed by atoms with van der Waals surface area (Å²) in [6, 6.07) is 13.0. The van der Waals surface area contributed by atoms with Crippen molar-refractivity contribution in [1.29, 1.82) is 5.26 Å². The van der Waals surface area contributed by atoms with E-state index in [4.69, 9.17) is 5.26 Å². The summed E-state index contributed by atoms with van der Waals surface area (Å²) in [6.45, 7) is 1.30. The first kappa shape index (κ1) is 21.5. The number of aromatic nitrogens is 3. The van der Waals surface area contributed by atoms with Gasteiger partial charge in [-0.25, -0.2) is 22.9 Å². The molecular formula is C21H21N7O3S. The molecule has 0 spiro atoms. The maximum Gasteiger partial charge on any atom is 0.317 e. The van der Waals surface area contributed by atoms with Crippen LogP contribution >= 0.6 is 0 Å². The van der Waals surface area contributed by atoms with E-state index >= 15 is 0 Å². The lowest BCUT2D eigenvalue weighted by Gasteiger charge is -2.34. The summed E-state index contributed by atoms with van der Waals surface area (Å²) >= 11 is 0. The van der Waals surface area contributed by atoms with E-state index in [1.54, 1.807) is 34.2 Å². The van der Waals surface area contributed by atoms with Crippen molar-refractivity contribution in [2.24, 2.45) is 0 Å². The van der Waals surface area contributed by atoms with Crippen molar-refractivity contribution in [3.63, 3.8) is 0 Å². The number of nitriles is 1. The number of hydrogen-bond donors (Lipinski definition) is 1. The summed E-state index contributed by atoms with van der Waals surface area (Å²) in [5, 5.41) is 15.9. The van der Waals surface area contributed by atoms with Crippen LogP contribution in [0.25, 0.3) is 5.82 Å². The van der Waals surface area contributed by atoms with Crippen LogP contribution in [0.1, 0.15) is 11.1 Å². The molecule has 32 heavy (non-hydrogen) atoms. The smallest absolute Gasteiger partial charge is 0.317 e. The molecule has 1 saturated heterocycles. The number of piperazine rings is 1. The second-order valence-electron chi connectivity index (χ2n) is 7.16. The summed E-state index contributed by atoms with van der Waals surface area (Å²) in [5.41, 5.74) is 1.28. The van der Waals surface area contributed by atoms with E-state index in [0.717, 1.165) is 5.56 Å². The molecule has 1 N–H and O–H groups in total. The van der Waals surface area contributed by atoms with Gasteiger partial charge < -0.3 is 10.2 Å². The van der Waals surface area contributed by atoms with Crippen LogP contribution in [0.5, 0.6) is 0 Å². The van der Waals surface area contributed by atoms with Crippen LogP contribution in [0.15, 0.2) is 66.0 Å². The zero-order valence-corrected chi connectivity index (χ0v) is 17.9. The third-order valence-corrected chi connectivity index (χ3v) is 7.05. The van der Waals surface area contributed by atoms with E-state index < -0.39 is 10.0 Å². The largest absolute Gasteiger partial charge is 0.334 e. The highest BCUT2D eigenvalue weighted by molar-refractivity contribution is 7.89. The number of sulfonamides is 1. The molecule has 3 heterocycles. The lowest BCUT2D eigenvalue weighted by atomic mass is 10.2. The molecule has 0 saturated carbocycles. The SMILES string of the molecule is N#Cc1ccc(S(=O)(=O)N2CCN(C(=O)NCc3ccnc(-n4cccn4)c3)CC2)cc1. The van der Waals surface area contributed by atoms with Gasteiger partial charge in [0.25, 0.3) is 0 Å². The second-order valence-corrected chi connectivity index (χ2v) is 9.10. The Balaban J connectivity index is 1.32. The Kier molecular flexibility index (Phi) is 6.16. The van der Waals surface area contributed by atoms with Crippen LogP contribution in [0.4, 0.5) is 4.79 Å². The standard InChI is InChI=1S/C21H21N7O3S/c22-15-17-2-4-19(5-3-17)32(30,31)27-12-10-26(11-13-27)21(29)24-16-18-6-8-23-20(14-18)28-9-1-7-25-28/h1-9,14H,10-13,16H2,(H,24,29). The highest BCUT2D eigenvalue weighted by atomic mass is 32.2. The second kappa shape index (κ2) is 9.17. The molecule has 11 heteroatoms. The fourth-order valence-electron chi connectivity index (χ4n) is 3.37. The van der Waals surface area contributed by atoms with Crippen molar-refractivity contribution in [3.8, 4) is 11.9 Å². The first-order chi connectivity index (χ1) is 15.5. The summed E-state index contributed by atoms with van der Waals surface area (Å²) in [7, 11) is -3.67. The van der Waals surface area contributed by atoms with Gasteiger partial charge in [0.1, 0.15) is 0 Å². The van der Waals surface area contributed by atoms with Crippen molar-refractivity contribution < 1.29 is 13.2 Å². The normalized spacial score (nSPS) is 14.7. The van der Waals surface area contributed by atoms with Crippen molar-refractivity contribution in [3.05, 3.63) is 72.2 Å². The van der Waals surface area contributed by atoms with Crippen LogP contribution in [0, 0.1) is 11.3 Å². The van der Waals surface area contributed by atoms with E-state index in [1.807, 2.05) is 18.2 Å². The Bertz CT molecular complexity index is 1230. The molecule has 10 nitrogen and oxygen atoms in total.